The molecule has 0 radical (unpaired) electrons. The Morgan fingerprint density at radius 3 is 2.79 bits per heavy atom. The smallest absolute Gasteiger partial charge is 0.282 e. The van der Waals surface area contributed by atoms with E-state index in [0.29, 0.717) is 22.6 Å². The van der Waals surface area contributed by atoms with Crippen molar-refractivity contribution in [3.63, 3.8) is 0 Å². The van der Waals surface area contributed by atoms with Gasteiger partial charge in [-0.3, -0.25) is 4.79 Å². The summed E-state index contributed by atoms with van der Waals surface area (Å²) in [6.07, 6.45) is -0.241. The zero-order valence-electron chi connectivity index (χ0n) is 11.1. The first-order valence-electron chi connectivity index (χ1n) is 6.32. The number of fused-ring (bicyclic) bond motifs is 2. The fraction of sp³-hybridized carbons (Fsp3) is 0.357. The lowest BCUT2D eigenvalue weighted by Gasteiger charge is -2.27. The first-order chi connectivity index (χ1) is 9.08. The Kier molecular flexibility index (Phi) is 2.62. The monoisotopic (exact) mass is 257 g/mol. The molecule has 0 fully saturated rings. The van der Waals surface area contributed by atoms with Crippen LogP contribution in [0.2, 0.25) is 0 Å². The van der Waals surface area contributed by atoms with Crippen molar-refractivity contribution in [3.05, 3.63) is 40.4 Å². The third-order valence-electron chi connectivity index (χ3n) is 3.18. The van der Waals surface area contributed by atoms with Crippen LogP contribution >= 0.6 is 0 Å². The van der Waals surface area contributed by atoms with E-state index in [2.05, 4.69) is 10.1 Å². The van der Waals surface area contributed by atoms with Gasteiger partial charge in [-0.15, -0.1) is 5.10 Å². The summed E-state index contributed by atoms with van der Waals surface area (Å²) in [5.41, 5.74) is 0.539. The Balaban J connectivity index is 2.37. The predicted octanol–water partition coefficient (Wildman–Crippen LogP) is 2.31. The second kappa shape index (κ2) is 4.19. The number of nitrogens with zero attached hydrogens (tertiary/aromatic N) is 3. The summed E-state index contributed by atoms with van der Waals surface area (Å²) in [5, 5.41) is 4.74. The van der Waals surface area contributed by atoms with E-state index in [1.54, 1.807) is 13.0 Å². The molecule has 1 unspecified atom stereocenters. The number of rotatable bonds is 1. The van der Waals surface area contributed by atoms with E-state index in [9.17, 15) is 4.79 Å². The highest BCUT2D eigenvalue weighted by Crippen LogP contribution is 2.27. The number of aromatic nitrogens is 2. The van der Waals surface area contributed by atoms with Crippen molar-refractivity contribution >= 4 is 16.8 Å². The zero-order chi connectivity index (χ0) is 13.6. The third kappa shape index (κ3) is 1.82. The summed E-state index contributed by atoms with van der Waals surface area (Å²) in [5.74, 6) is 1.28. The molecule has 0 saturated heterocycles. The van der Waals surface area contributed by atoms with Crippen LogP contribution in [0.3, 0.4) is 0 Å². The first kappa shape index (κ1) is 11.9. The zero-order valence-corrected chi connectivity index (χ0v) is 11.1. The molecule has 2 heterocycles. The molecule has 1 aromatic carbocycles. The highest BCUT2D eigenvalue weighted by molar-refractivity contribution is 5.78. The third-order valence-corrected chi connectivity index (χ3v) is 3.18. The van der Waals surface area contributed by atoms with E-state index in [0.717, 1.165) is 0 Å². The molecular formula is C14H15N3O2. The molecule has 5 heteroatoms. The molecule has 0 spiro atoms. The van der Waals surface area contributed by atoms with E-state index in [-0.39, 0.29) is 17.6 Å². The van der Waals surface area contributed by atoms with Gasteiger partial charge in [0.15, 0.2) is 11.9 Å². The molecule has 0 bridgehead atoms. The van der Waals surface area contributed by atoms with Gasteiger partial charge in [-0.1, -0.05) is 26.0 Å². The Labute approximate surface area is 110 Å². The van der Waals surface area contributed by atoms with Crippen LogP contribution in [0.5, 0.6) is 0 Å². The lowest BCUT2D eigenvalue weighted by molar-refractivity contribution is 0.113. The maximum Gasteiger partial charge on any atom is 0.282 e. The van der Waals surface area contributed by atoms with Crippen molar-refractivity contribution in [2.24, 2.45) is 11.0 Å². The van der Waals surface area contributed by atoms with E-state index in [1.807, 2.05) is 32.0 Å². The molecule has 1 aliphatic heterocycles. The molecular weight excluding hydrogens is 242 g/mol. The Hall–Kier alpha value is -2.17. The van der Waals surface area contributed by atoms with Crippen LogP contribution in [-0.2, 0) is 4.74 Å². The van der Waals surface area contributed by atoms with Crippen molar-refractivity contribution < 1.29 is 4.74 Å². The highest BCUT2D eigenvalue weighted by Gasteiger charge is 2.28. The molecule has 5 nitrogen and oxygen atoms in total. The minimum atomic E-state index is -0.241. The molecule has 2 aromatic rings. The summed E-state index contributed by atoms with van der Waals surface area (Å²) >= 11 is 0. The predicted molar refractivity (Wildman–Crippen MR) is 73.2 cm³/mol. The maximum absolute atomic E-state index is 12.4. The van der Waals surface area contributed by atoms with Crippen molar-refractivity contribution in [1.82, 2.24) is 9.66 Å². The molecule has 0 aliphatic carbocycles. The quantitative estimate of drug-likeness (QED) is 0.787. The normalized spacial score (nSPS) is 18.1. The van der Waals surface area contributed by atoms with Crippen LogP contribution in [0.25, 0.3) is 10.9 Å². The maximum atomic E-state index is 12.4. The van der Waals surface area contributed by atoms with Gasteiger partial charge in [-0.25, -0.2) is 4.98 Å². The molecule has 98 valence electrons. The summed E-state index contributed by atoms with van der Waals surface area (Å²) < 4.78 is 7.07. The Morgan fingerprint density at radius 2 is 2.05 bits per heavy atom. The van der Waals surface area contributed by atoms with Gasteiger partial charge in [0, 0.05) is 6.92 Å². The second-order valence-electron chi connectivity index (χ2n) is 5.01. The van der Waals surface area contributed by atoms with Gasteiger partial charge < -0.3 is 4.74 Å². The summed E-state index contributed by atoms with van der Waals surface area (Å²) in [6, 6.07) is 7.30. The molecule has 1 atom stereocenters. The van der Waals surface area contributed by atoms with E-state index >= 15 is 0 Å². The van der Waals surface area contributed by atoms with Crippen LogP contribution in [0, 0.1) is 5.92 Å². The first-order valence-corrected chi connectivity index (χ1v) is 6.32. The van der Waals surface area contributed by atoms with Gasteiger partial charge in [0.2, 0.25) is 5.90 Å². The largest absolute Gasteiger partial charge is 0.468 e. The van der Waals surface area contributed by atoms with Gasteiger partial charge in [0.1, 0.15) is 0 Å². The van der Waals surface area contributed by atoms with Gasteiger partial charge in [0.25, 0.3) is 5.56 Å². The summed E-state index contributed by atoms with van der Waals surface area (Å²) in [6.45, 7) is 5.82. The topological polar surface area (TPSA) is 56.5 Å². The lowest BCUT2D eigenvalue weighted by atomic mass is 10.1. The van der Waals surface area contributed by atoms with E-state index in [4.69, 9.17) is 4.74 Å². The minimum absolute atomic E-state index is 0.145. The van der Waals surface area contributed by atoms with Gasteiger partial charge >= 0.3 is 0 Å². The second-order valence-corrected chi connectivity index (χ2v) is 5.01. The molecule has 0 saturated carbocycles. The average Bonchev–Trinajstić information content (AvgIpc) is 2.39. The number of para-hydroxylation sites is 1. The van der Waals surface area contributed by atoms with E-state index in [1.165, 1.54) is 4.68 Å². The summed E-state index contributed by atoms with van der Waals surface area (Å²) in [7, 11) is 0. The molecule has 0 N–H and O–H groups in total. The summed E-state index contributed by atoms with van der Waals surface area (Å²) in [4.78, 5) is 17.0. The number of hydrogen-bond donors (Lipinski definition) is 0. The minimum Gasteiger partial charge on any atom is -0.468 e. The standard InChI is InChI=1S/C14H15N3O2/c1-8(2)12-13-15-11-7-5-4-6-10(11)14(18)17(13)16-9(3)19-12/h4-8,12H,1-3H3. The Bertz CT molecular complexity index is 731. The SMILES string of the molecule is CC1=Nn2c(nc3ccccc3c2=O)C(C(C)C)O1. The average molecular weight is 257 g/mol. The van der Waals surface area contributed by atoms with Crippen LogP contribution < -0.4 is 5.56 Å². The number of benzene rings is 1. The van der Waals surface area contributed by atoms with Crippen LogP contribution in [0.15, 0.2) is 34.2 Å². The number of hydrogen-bond acceptors (Lipinski definition) is 4. The fourth-order valence-electron chi connectivity index (χ4n) is 2.26. The number of ether oxygens (including phenoxy) is 1. The molecule has 1 aromatic heterocycles. The van der Waals surface area contributed by atoms with Crippen molar-refractivity contribution in [3.8, 4) is 0 Å². The van der Waals surface area contributed by atoms with Gasteiger partial charge in [0.05, 0.1) is 10.9 Å². The Morgan fingerprint density at radius 1 is 1.32 bits per heavy atom. The van der Waals surface area contributed by atoms with Crippen molar-refractivity contribution in [2.75, 3.05) is 0 Å². The van der Waals surface area contributed by atoms with Crippen LogP contribution in [-0.4, -0.2) is 15.6 Å². The van der Waals surface area contributed by atoms with E-state index < -0.39 is 0 Å². The van der Waals surface area contributed by atoms with Crippen molar-refractivity contribution in [1.29, 1.82) is 0 Å². The fourth-order valence-corrected chi connectivity index (χ4v) is 2.26. The molecule has 3 rings (SSSR count). The molecule has 1 aliphatic rings. The highest BCUT2D eigenvalue weighted by atomic mass is 16.5. The van der Waals surface area contributed by atoms with Crippen molar-refractivity contribution in [2.45, 2.75) is 26.9 Å². The molecule has 19 heavy (non-hydrogen) atoms. The molecule has 0 amide bonds. The van der Waals surface area contributed by atoms with Gasteiger partial charge in [-0.05, 0) is 18.1 Å². The van der Waals surface area contributed by atoms with Crippen LogP contribution in [0.1, 0.15) is 32.7 Å². The van der Waals surface area contributed by atoms with Gasteiger partial charge in [-0.2, -0.15) is 4.68 Å². The van der Waals surface area contributed by atoms with Crippen LogP contribution in [0.4, 0.5) is 0 Å². The lowest BCUT2D eigenvalue weighted by Crippen LogP contribution is -2.32.